The van der Waals surface area contributed by atoms with Gasteiger partial charge < -0.3 is 0 Å². The van der Waals surface area contributed by atoms with Crippen LogP contribution in [-0.4, -0.2) is 28.6 Å². The van der Waals surface area contributed by atoms with E-state index >= 15 is 0 Å². The molecule has 5 rings (SSSR count). The van der Waals surface area contributed by atoms with Crippen molar-refractivity contribution in [2.75, 3.05) is 9.80 Å². The maximum absolute atomic E-state index is 13.7. The number of anilines is 2. The van der Waals surface area contributed by atoms with Crippen molar-refractivity contribution in [3.63, 3.8) is 0 Å². The Morgan fingerprint density at radius 3 is 0.850 bits per heavy atom. The molecule has 0 aliphatic heterocycles. The van der Waals surface area contributed by atoms with Crippen LogP contribution in [0.2, 0.25) is 0 Å². The van der Waals surface area contributed by atoms with Crippen molar-refractivity contribution in [2.24, 2.45) is 0 Å². The molecule has 0 atom stereocenters. The minimum atomic E-state index is -0.602. The molecule has 0 radical (unpaired) electrons. The fraction of sp³-hybridized carbons (Fsp3) is 0. The number of carbonyl (C=O) groups is 4. The van der Waals surface area contributed by atoms with E-state index in [0.29, 0.717) is 0 Å². The highest BCUT2D eigenvalue weighted by molar-refractivity contribution is 6.27. The lowest BCUT2D eigenvalue weighted by Crippen LogP contribution is -2.40. The number of carbonyl (C=O) groups excluding carboxylic acids is 4. The van der Waals surface area contributed by atoms with Crippen molar-refractivity contribution in [2.45, 2.75) is 0 Å². The van der Waals surface area contributed by atoms with E-state index in [2.05, 4.69) is 4.98 Å². The minimum Gasteiger partial charge on any atom is -0.268 e. The first-order chi connectivity index (χ1) is 19.5. The molecule has 7 heteroatoms. The summed E-state index contributed by atoms with van der Waals surface area (Å²) in [5.74, 6) is -2.48. The van der Waals surface area contributed by atoms with Gasteiger partial charge in [0.1, 0.15) is 11.6 Å². The first-order valence-electron chi connectivity index (χ1n) is 12.5. The van der Waals surface area contributed by atoms with Crippen LogP contribution in [0.15, 0.2) is 140 Å². The third kappa shape index (κ3) is 5.44. The SMILES string of the molecule is O=C(c1ccccc1)N(C(=O)c1ccccc1)c1cccc(N(C(=O)c2ccccc2)C(=O)c2ccccc2)n1. The van der Waals surface area contributed by atoms with Gasteiger partial charge in [0.25, 0.3) is 23.6 Å². The van der Waals surface area contributed by atoms with Gasteiger partial charge in [0.2, 0.25) is 0 Å². The summed E-state index contributed by atoms with van der Waals surface area (Å²) in [7, 11) is 0. The Morgan fingerprint density at radius 1 is 0.350 bits per heavy atom. The molecule has 0 bridgehead atoms. The third-order valence-electron chi connectivity index (χ3n) is 6.07. The lowest BCUT2D eigenvalue weighted by atomic mass is 10.1. The molecular weight excluding hydrogens is 502 g/mol. The van der Waals surface area contributed by atoms with E-state index in [4.69, 9.17) is 0 Å². The maximum Gasteiger partial charge on any atom is 0.266 e. The van der Waals surface area contributed by atoms with E-state index in [1.807, 2.05) is 0 Å². The van der Waals surface area contributed by atoms with Gasteiger partial charge in [-0.25, -0.2) is 14.8 Å². The zero-order valence-electron chi connectivity index (χ0n) is 21.3. The Kier molecular flexibility index (Phi) is 7.64. The summed E-state index contributed by atoms with van der Waals surface area (Å²) in [4.78, 5) is 61.1. The molecule has 0 aliphatic rings. The van der Waals surface area contributed by atoms with E-state index in [-0.39, 0.29) is 33.9 Å². The molecule has 0 aliphatic carbocycles. The number of benzene rings is 4. The van der Waals surface area contributed by atoms with E-state index in [0.717, 1.165) is 9.80 Å². The Labute approximate surface area is 231 Å². The zero-order chi connectivity index (χ0) is 27.9. The van der Waals surface area contributed by atoms with Crippen LogP contribution in [0.5, 0.6) is 0 Å². The van der Waals surface area contributed by atoms with Crippen molar-refractivity contribution in [3.05, 3.63) is 162 Å². The molecular formula is C33H23N3O4. The fourth-order valence-corrected chi connectivity index (χ4v) is 4.10. The van der Waals surface area contributed by atoms with Crippen molar-refractivity contribution in [3.8, 4) is 0 Å². The summed E-state index contributed by atoms with van der Waals surface area (Å²) in [5.41, 5.74) is 1.10. The Balaban J connectivity index is 1.63. The molecule has 0 spiro atoms. The molecule has 0 fully saturated rings. The summed E-state index contributed by atoms with van der Waals surface area (Å²) >= 11 is 0. The monoisotopic (exact) mass is 525 g/mol. The highest BCUT2D eigenvalue weighted by Gasteiger charge is 2.31. The maximum atomic E-state index is 13.7. The average molecular weight is 526 g/mol. The van der Waals surface area contributed by atoms with Gasteiger partial charge >= 0.3 is 0 Å². The molecule has 7 nitrogen and oxygen atoms in total. The molecule has 5 aromatic rings. The number of hydrogen-bond acceptors (Lipinski definition) is 5. The van der Waals surface area contributed by atoms with Crippen molar-refractivity contribution in [1.82, 2.24) is 4.98 Å². The lowest BCUT2D eigenvalue weighted by molar-refractivity contribution is 0.0884. The number of aromatic nitrogens is 1. The topological polar surface area (TPSA) is 87.7 Å². The summed E-state index contributed by atoms with van der Waals surface area (Å²) < 4.78 is 0. The van der Waals surface area contributed by atoms with Crippen LogP contribution < -0.4 is 9.80 Å². The lowest BCUT2D eigenvalue weighted by Gasteiger charge is -2.24. The number of amides is 4. The van der Waals surface area contributed by atoms with Crippen LogP contribution in [0.1, 0.15) is 41.4 Å². The van der Waals surface area contributed by atoms with Crippen molar-refractivity contribution in [1.29, 1.82) is 0 Å². The smallest absolute Gasteiger partial charge is 0.266 e. The number of hydrogen-bond donors (Lipinski definition) is 0. The first kappa shape index (κ1) is 25.9. The van der Waals surface area contributed by atoms with Gasteiger partial charge in [0.05, 0.1) is 0 Å². The second-order valence-electron chi connectivity index (χ2n) is 8.71. The largest absolute Gasteiger partial charge is 0.268 e. The fourth-order valence-electron chi connectivity index (χ4n) is 4.10. The first-order valence-corrected chi connectivity index (χ1v) is 12.5. The molecule has 0 saturated carbocycles. The molecule has 40 heavy (non-hydrogen) atoms. The highest BCUT2D eigenvalue weighted by atomic mass is 16.2. The van der Waals surface area contributed by atoms with Crippen LogP contribution in [0.3, 0.4) is 0 Å². The molecule has 0 N–H and O–H groups in total. The van der Waals surface area contributed by atoms with E-state index in [1.54, 1.807) is 127 Å². The van der Waals surface area contributed by atoms with Crippen molar-refractivity contribution >= 4 is 35.3 Å². The Hall–Kier alpha value is -5.69. The Morgan fingerprint density at radius 2 is 0.600 bits per heavy atom. The van der Waals surface area contributed by atoms with Crippen molar-refractivity contribution < 1.29 is 19.2 Å². The molecule has 1 aromatic heterocycles. The average Bonchev–Trinajstić information content (AvgIpc) is 3.03. The normalized spacial score (nSPS) is 10.4. The standard InChI is InChI=1S/C33H23N3O4/c37-30(24-14-5-1-6-15-24)35(31(38)25-16-7-2-8-17-25)28-22-13-23-29(34-28)36(32(39)26-18-9-3-10-19-26)33(40)27-20-11-4-12-21-27/h1-23H. The summed E-state index contributed by atoms with van der Waals surface area (Å²) in [6, 6.07) is 37.9. The zero-order valence-corrected chi connectivity index (χ0v) is 21.3. The number of pyridine rings is 1. The van der Waals surface area contributed by atoms with Gasteiger partial charge in [-0.3, -0.25) is 19.2 Å². The van der Waals surface area contributed by atoms with Gasteiger partial charge in [-0.1, -0.05) is 78.9 Å². The van der Waals surface area contributed by atoms with Gasteiger partial charge in [0.15, 0.2) is 0 Å². The molecule has 194 valence electrons. The Bertz CT molecular complexity index is 1430. The van der Waals surface area contributed by atoms with Crippen LogP contribution in [-0.2, 0) is 0 Å². The number of imide groups is 2. The third-order valence-corrected chi connectivity index (χ3v) is 6.07. The number of nitrogens with zero attached hydrogens (tertiary/aromatic N) is 3. The predicted molar refractivity (Wildman–Crippen MR) is 152 cm³/mol. The molecule has 0 saturated heterocycles. The van der Waals surface area contributed by atoms with Crippen LogP contribution in [0, 0.1) is 0 Å². The predicted octanol–water partition coefficient (Wildman–Crippen LogP) is 6.06. The van der Waals surface area contributed by atoms with E-state index < -0.39 is 23.6 Å². The minimum absolute atomic E-state index is 0.0353. The van der Waals surface area contributed by atoms with Gasteiger partial charge in [-0.2, -0.15) is 0 Å². The quantitative estimate of drug-likeness (QED) is 0.252. The molecule has 4 aromatic carbocycles. The number of rotatable bonds is 6. The summed E-state index contributed by atoms with van der Waals surface area (Å²) in [6.45, 7) is 0. The van der Waals surface area contributed by atoms with Crippen LogP contribution >= 0.6 is 0 Å². The summed E-state index contributed by atoms with van der Waals surface area (Å²) in [5, 5.41) is 0. The van der Waals surface area contributed by atoms with Gasteiger partial charge in [-0.05, 0) is 60.7 Å². The molecule has 0 unspecified atom stereocenters. The summed E-state index contributed by atoms with van der Waals surface area (Å²) in [6.07, 6.45) is 0. The molecule has 1 heterocycles. The second-order valence-corrected chi connectivity index (χ2v) is 8.71. The van der Waals surface area contributed by atoms with Gasteiger partial charge in [-0.15, -0.1) is 0 Å². The van der Waals surface area contributed by atoms with E-state index in [9.17, 15) is 19.2 Å². The van der Waals surface area contributed by atoms with Crippen LogP contribution in [0.25, 0.3) is 0 Å². The highest BCUT2D eigenvalue weighted by Crippen LogP contribution is 2.25. The van der Waals surface area contributed by atoms with Crippen LogP contribution in [0.4, 0.5) is 11.6 Å². The molecule has 4 amide bonds. The van der Waals surface area contributed by atoms with Gasteiger partial charge in [0, 0.05) is 22.3 Å². The second kappa shape index (κ2) is 11.8. The van der Waals surface area contributed by atoms with E-state index in [1.165, 1.54) is 12.1 Å².